The van der Waals surface area contributed by atoms with Crippen LogP contribution in [0.4, 0.5) is 0 Å². The van der Waals surface area contributed by atoms with Gasteiger partial charge >= 0.3 is 5.97 Å². The zero-order chi connectivity index (χ0) is 20.5. The molecule has 1 N–H and O–H groups in total. The molecule has 0 aliphatic carbocycles. The van der Waals surface area contributed by atoms with Gasteiger partial charge in [-0.25, -0.2) is 4.98 Å². The lowest BCUT2D eigenvalue weighted by molar-refractivity contribution is -0.136. The van der Waals surface area contributed by atoms with Gasteiger partial charge in [0.1, 0.15) is 10.8 Å². The van der Waals surface area contributed by atoms with Gasteiger partial charge in [0.2, 0.25) is 5.16 Å². The van der Waals surface area contributed by atoms with Gasteiger partial charge in [0, 0.05) is 11.9 Å². The van der Waals surface area contributed by atoms with Crippen molar-refractivity contribution in [2.24, 2.45) is 0 Å². The third kappa shape index (κ3) is 3.82. The minimum atomic E-state index is -0.864. The van der Waals surface area contributed by atoms with E-state index in [1.165, 1.54) is 11.1 Å². The maximum Gasteiger partial charge on any atom is 0.317 e. The van der Waals surface area contributed by atoms with Gasteiger partial charge in [-0.15, -0.1) is 10.2 Å². The fourth-order valence-corrected chi connectivity index (χ4v) is 4.13. The topological polar surface area (TPSA) is 80.9 Å². The summed E-state index contributed by atoms with van der Waals surface area (Å²) in [6.45, 7) is 6.61. The summed E-state index contributed by atoms with van der Waals surface area (Å²) < 4.78 is 2.13. The molecule has 0 aliphatic heterocycles. The number of aryl methyl sites for hydroxylation is 2. The molecule has 0 bridgehead atoms. The van der Waals surface area contributed by atoms with Gasteiger partial charge in [-0.1, -0.05) is 60.1 Å². The number of fused-ring (bicyclic) bond motifs is 3. The number of aliphatic carboxylic acids is 1. The molecule has 2 heterocycles. The Kier molecular flexibility index (Phi) is 5.24. The van der Waals surface area contributed by atoms with Crippen LogP contribution < -0.4 is 0 Å². The molecule has 0 amide bonds. The van der Waals surface area contributed by atoms with Crippen molar-refractivity contribution in [1.82, 2.24) is 19.7 Å². The quantitative estimate of drug-likeness (QED) is 0.471. The normalized spacial score (nSPS) is 12.5. The second-order valence-electron chi connectivity index (χ2n) is 7.21. The molecule has 6 nitrogen and oxygen atoms in total. The Morgan fingerprint density at radius 1 is 1.10 bits per heavy atom. The highest BCUT2D eigenvalue weighted by molar-refractivity contribution is 8.00. The highest BCUT2D eigenvalue weighted by Gasteiger charge is 2.21. The number of hydrogen-bond acceptors (Lipinski definition) is 5. The molecule has 1 atom stereocenters. The summed E-state index contributed by atoms with van der Waals surface area (Å²) in [6.07, 6.45) is 0.493. The Balaban J connectivity index is 1.86. The molecule has 2 aromatic carbocycles. The molecular formula is C22H22N4O2S. The first-order chi connectivity index (χ1) is 14.0. The van der Waals surface area contributed by atoms with Gasteiger partial charge < -0.3 is 9.67 Å². The van der Waals surface area contributed by atoms with E-state index < -0.39 is 11.2 Å². The maximum absolute atomic E-state index is 11.4. The Labute approximate surface area is 173 Å². The number of carboxylic acid groups (broad SMARTS) is 1. The van der Waals surface area contributed by atoms with Crippen LogP contribution in [0.5, 0.6) is 0 Å². The fraction of sp³-hybridized carbons (Fsp3) is 0.273. The van der Waals surface area contributed by atoms with Crippen LogP contribution in [0.2, 0.25) is 0 Å². The molecule has 0 aliphatic rings. The Bertz CT molecular complexity index is 1200. The summed E-state index contributed by atoms with van der Waals surface area (Å²) in [6, 6.07) is 14.7. The van der Waals surface area contributed by atoms with Crippen molar-refractivity contribution >= 4 is 39.8 Å². The van der Waals surface area contributed by atoms with E-state index in [2.05, 4.69) is 64.2 Å². The van der Waals surface area contributed by atoms with Gasteiger partial charge in [0.05, 0.1) is 5.52 Å². The van der Waals surface area contributed by atoms with Crippen LogP contribution in [0.1, 0.15) is 30.0 Å². The van der Waals surface area contributed by atoms with Crippen LogP contribution >= 0.6 is 11.8 Å². The lowest BCUT2D eigenvalue weighted by Gasteiger charge is -2.09. The number of aromatic nitrogens is 4. The molecule has 4 aromatic rings. The van der Waals surface area contributed by atoms with Gasteiger partial charge in [-0.05, 0) is 38.0 Å². The second kappa shape index (κ2) is 7.83. The van der Waals surface area contributed by atoms with Crippen LogP contribution in [-0.4, -0.2) is 36.1 Å². The summed E-state index contributed by atoms with van der Waals surface area (Å²) in [4.78, 5) is 16.1. The monoisotopic (exact) mass is 406 g/mol. The summed E-state index contributed by atoms with van der Waals surface area (Å²) in [7, 11) is 0. The average molecular weight is 407 g/mol. The average Bonchev–Trinajstić information content (AvgIpc) is 3.00. The molecule has 2 aromatic heterocycles. The molecule has 7 heteroatoms. The van der Waals surface area contributed by atoms with Crippen molar-refractivity contribution in [1.29, 1.82) is 0 Å². The maximum atomic E-state index is 11.4. The number of rotatable bonds is 6. The summed E-state index contributed by atoms with van der Waals surface area (Å²) in [5.74, 6) is -0.864. The van der Waals surface area contributed by atoms with E-state index in [9.17, 15) is 9.90 Å². The molecule has 4 rings (SSSR count). The van der Waals surface area contributed by atoms with E-state index in [1.54, 1.807) is 0 Å². The minimum absolute atomic E-state index is 0.386. The van der Waals surface area contributed by atoms with Gasteiger partial charge in [0.15, 0.2) is 5.65 Å². The van der Waals surface area contributed by atoms with Crippen LogP contribution in [0.3, 0.4) is 0 Å². The van der Waals surface area contributed by atoms with E-state index in [0.717, 1.165) is 39.4 Å². The lowest BCUT2D eigenvalue weighted by atomic mass is 10.1. The number of hydrogen-bond donors (Lipinski definition) is 1. The van der Waals surface area contributed by atoms with Crippen molar-refractivity contribution in [2.75, 3.05) is 0 Å². The van der Waals surface area contributed by atoms with Crippen molar-refractivity contribution in [3.05, 3.63) is 59.2 Å². The molecule has 148 valence electrons. The molecule has 0 saturated heterocycles. The fourth-order valence-electron chi connectivity index (χ4n) is 3.38. The lowest BCUT2D eigenvalue weighted by Crippen LogP contribution is -2.15. The molecule has 0 saturated carbocycles. The predicted octanol–water partition coefficient (Wildman–Crippen LogP) is 4.60. The second-order valence-corrected chi connectivity index (χ2v) is 8.38. The van der Waals surface area contributed by atoms with Gasteiger partial charge in [-0.3, -0.25) is 4.79 Å². The van der Waals surface area contributed by atoms with E-state index in [-0.39, 0.29) is 0 Å². The van der Waals surface area contributed by atoms with Gasteiger partial charge in [0.25, 0.3) is 0 Å². The number of nitrogens with zero attached hydrogens (tertiary/aromatic N) is 4. The van der Waals surface area contributed by atoms with Crippen molar-refractivity contribution < 1.29 is 9.90 Å². The van der Waals surface area contributed by atoms with Crippen LogP contribution in [0, 0.1) is 13.8 Å². The SMILES string of the molecule is CCC(Sc1nnc2c3cc(C)ccc3n(Cc3ccc(C)cc3)c2n1)C(=O)O. The zero-order valence-corrected chi connectivity index (χ0v) is 17.4. The van der Waals surface area contributed by atoms with Crippen LogP contribution in [-0.2, 0) is 11.3 Å². The largest absolute Gasteiger partial charge is 0.480 e. The Hall–Kier alpha value is -2.93. The first-order valence-electron chi connectivity index (χ1n) is 9.54. The molecule has 0 radical (unpaired) electrons. The first-order valence-corrected chi connectivity index (χ1v) is 10.4. The third-order valence-corrected chi connectivity index (χ3v) is 6.16. The zero-order valence-electron chi connectivity index (χ0n) is 16.6. The van der Waals surface area contributed by atoms with Crippen molar-refractivity contribution in [3.8, 4) is 0 Å². The smallest absolute Gasteiger partial charge is 0.317 e. The number of benzene rings is 2. The Morgan fingerprint density at radius 3 is 2.52 bits per heavy atom. The number of carbonyl (C=O) groups is 1. The van der Waals surface area contributed by atoms with Crippen LogP contribution in [0.15, 0.2) is 47.6 Å². The number of thioether (sulfide) groups is 1. The number of carboxylic acids is 1. The standard InChI is InChI=1S/C22H22N4O2S/c1-4-18(21(27)28)29-22-23-20-19(24-25-22)16-11-14(3)7-10-17(16)26(20)12-15-8-5-13(2)6-9-15/h5-11,18H,4,12H2,1-3H3,(H,27,28). The highest BCUT2D eigenvalue weighted by Crippen LogP contribution is 2.30. The van der Waals surface area contributed by atoms with E-state index in [0.29, 0.717) is 18.1 Å². The first kappa shape index (κ1) is 19.4. The van der Waals surface area contributed by atoms with E-state index >= 15 is 0 Å². The molecule has 0 spiro atoms. The predicted molar refractivity (Wildman–Crippen MR) is 115 cm³/mol. The van der Waals surface area contributed by atoms with Gasteiger partial charge in [-0.2, -0.15) is 0 Å². The molecule has 0 fully saturated rings. The van der Waals surface area contributed by atoms with E-state index in [4.69, 9.17) is 4.98 Å². The minimum Gasteiger partial charge on any atom is -0.480 e. The van der Waals surface area contributed by atoms with E-state index in [1.807, 2.05) is 13.8 Å². The highest BCUT2D eigenvalue weighted by atomic mass is 32.2. The Morgan fingerprint density at radius 2 is 1.83 bits per heavy atom. The van der Waals surface area contributed by atoms with Crippen molar-refractivity contribution in [3.63, 3.8) is 0 Å². The van der Waals surface area contributed by atoms with Crippen molar-refractivity contribution in [2.45, 2.75) is 44.1 Å². The summed E-state index contributed by atoms with van der Waals surface area (Å²) >= 11 is 1.14. The molecule has 1 unspecified atom stereocenters. The molecule has 29 heavy (non-hydrogen) atoms. The van der Waals surface area contributed by atoms with Crippen LogP contribution in [0.25, 0.3) is 22.1 Å². The molecular weight excluding hydrogens is 384 g/mol. The summed E-state index contributed by atoms with van der Waals surface area (Å²) in [5.41, 5.74) is 6.03. The third-order valence-electron chi connectivity index (χ3n) is 4.96. The summed E-state index contributed by atoms with van der Waals surface area (Å²) in [5, 5.41) is 18.8.